The largest absolute Gasteiger partial charge is 0.415 e. The van der Waals surface area contributed by atoms with Crippen molar-refractivity contribution in [2.45, 2.75) is 110 Å². The molecule has 41 heavy (non-hydrogen) atoms. The maximum Gasteiger partial charge on any atom is 0.183 e. The van der Waals surface area contributed by atoms with Crippen molar-refractivity contribution in [1.29, 1.82) is 0 Å². The van der Waals surface area contributed by atoms with Crippen LogP contribution in [-0.2, 0) is 37.6 Å². The van der Waals surface area contributed by atoms with E-state index in [1.165, 1.54) is 77.0 Å². The summed E-state index contributed by atoms with van der Waals surface area (Å²) in [6.45, 7) is 17.8. The number of ether oxygens (including phenoxy) is 7. The maximum atomic E-state index is 5.72. The second kappa shape index (κ2) is 34.4. The summed E-state index contributed by atoms with van der Waals surface area (Å²) in [5.74, 6) is 0. The van der Waals surface area contributed by atoms with Crippen LogP contribution in [-0.4, -0.2) is 107 Å². The van der Waals surface area contributed by atoms with E-state index in [0.29, 0.717) is 92.5 Å². The Kier molecular flexibility index (Phi) is 34.3. The molecule has 0 bridgehead atoms. The Morgan fingerprint density at radius 3 is 0.829 bits per heavy atom. The summed E-state index contributed by atoms with van der Waals surface area (Å²) in [5.41, 5.74) is 0. The molecule has 0 aromatic heterocycles. The van der Waals surface area contributed by atoms with E-state index in [0.717, 1.165) is 13.0 Å². The second-order valence-corrected chi connectivity index (χ2v) is 16.0. The van der Waals surface area contributed by atoms with Gasteiger partial charge in [-0.2, -0.15) is 0 Å². The molecule has 0 heterocycles. The van der Waals surface area contributed by atoms with Gasteiger partial charge in [0.2, 0.25) is 0 Å². The monoisotopic (exact) mass is 608 g/mol. The lowest BCUT2D eigenvalue weighted by atomic mass is 10.0. The van der Waals surface area contributed by atoms with Gasteiger partial charge < -0.3 is 37.6 Å². The van der Waals surface area contributed by atoms with E-state index in [9.17, 15) is 0 Å². The van der Waals surface area contributed by atoms with E-state index in [1.54, 1.807) is 0 Å². The van der Waals surface area contributed by atoms with Crippen LogP contribution in [0.4, 0.5) is 0 Å². The minimum Gasteiger partial charge on any atom is -0.415 e. The van der Waals surface area contributed by atoms with Gasteiger partial charge in [-0.05, 0) is 26.1 Å². The number of rotatable bonds is 36. The third-order valence-electron chi connectivity index (χ3n) is 6.39. The molecule has 0 aliphatic carbocycles. The van der Waals surface area contributed by atoms with E-state index in [2.05, 4.69) is 26.6 Å². The summed E-state index contributed by atoms with van der Waals surface area (Å²) in [7, 11) is -1.44. The van der Waals surface area contributed by atoms with Crippen molar-refractivity contribution in [3.63, 3.8) is 0 Å². The summed E-state index contributed by atoms with van der Waals surface area (Å²) in [4.78, 5) is 0. The zero-order valence-corrected chi connectivity index (χ0v) is 28.6. The molecule has 0 amide bonds. The first kappa shape index (κ1) is 40.9. The minimum atomic E-state index is -1.44. The minimum absolute atomic E-state index is 0.552. The Bertz CT molecular complexity index is 479. The van der Waals surface area contributed by atoms with Gasteiger partial charge in [-0.15, -0.1) is 0 Å². The quantitative estimate of drug-likeness (QED) is 0.0554. The molecule has 0 rings (SSSR count). The van der Waals surface area contributed by atoms with Crippen molar-refractivity contribution in [3.05, 3.63) is 0 Å². The molecule has 0 atom stereocenters. The lowest BCUT2D eigenvalue weighted by Crippen LogP contribution is -2.27. The van der Waals surface area contributed by atoms with Crippen molar-refractivity contribution in [2.24, 2.45) is 0 Å². The van der Waals surface area contributed by atoms with Gasteiger partial charge in [0.25, 0.3) is 0 Å². The van der Waals surface area contributed by atoms with E-state index in [1.807, 2.05) is 0 Å². The smallest absolute Gasteiger partial charge is 0.183 e. The molecule has 248 valence electrons. The van der Waals surface area contributed by atoms with Crippen LogP contribution in [0.15, 0.2) is 0 Å². The molecule has 0 N–H and O–H groups in total. The molecule has 0 radical (unpaired) electrons. The van der Waals surface area contributed by atoms with Crippen LogP contribution in [0.2, 0.25) is 19.6 Å². The Labute approximate surface area is 254 Å². The number of unbranched alkanes of at least 4 members (excludes halogenated alkanes) is 12. The third kappa shape index (κ3) is 39.9. The van der Waals surface area contributed by atoms with E-state index >= 15 is 0 Å². The predicted octanol–water partition coefficient (Wildman–Crippen LogP) is 7.05. The van der Waals surface area contributed by atoms with Gasteiger partial charge in [0, 0.05) is 6.61 Å². The fourth-order valence-electron chi connectivity index (χ4n) is 4.05. The second-order valence-electron chi connectivity index (χ2n) is 11.5. The van der Waals surface area contributed by atoms with Crippen LogP contribution in [0.5, 0.6) is 0 Å². The van der Waals surface area contributed by atoms with Gasteiger partial charge in [-0.3, -0.25) is 0 Å². The highest BCUT2D eigenvalue weighted by Crippen LogP contribution is 2.12. The SMILES string of the molecule is CCCCCCCCCCCCCCCOCCOCCOCCOCCOCCOCCOCCO[Si](C)(C)C. The molecular formula is C32H68O8Si. The molecule has 8 nitrogen and oxygen atoms in total. The van der Waals surface area contributed by atoms with Crippen LogP contribution in [0.1, 0.15) is 90.4 Å². The Morgan fingerprint density at radius 1 is 0.293 bits per heavy atom. The van der Waals surface area contributed by atoms with Crippen molar-refractivity contribution in [1.82, 2.24) is 0 Å². The molecule has 0 aromatic carbocycles. The molecule has 0 aliphatic heterocycles. The van der Waals surface area contributed by atoms with Gasteiger partial charge >= 0.3 is 0 Å². The molecule has 0 fully saturated rings. The summed E-state index contributed by atoms with van der Waals surface area (Å²) >= 11 is 0. The summed E-state index contributed by atoms with van der Waals surface area (Å²) < 4.78 is 44.4. The topological polar surface area (TPSA) is 73.8 Å². The lowest BCUT2D eigenvalue weighted by molar-refractivity contribution is -0.0213. The molecule has 0 aliphatic rings. The summed E-state index contributed by atoms with van der Waals surface area (Å²) in [6.07, 6.45) is 17.9. The summed E-state index contributed by atoms with van der Waals surface area (Å²) in [5, 5.41) is 0. The molecular weight excluding hydrogens is 540 g/mol. The van der Waals surface area contributed by atoms with Crippen LogP contribution in [0.3, 0.4) is 0 Å². The van der Waals surface area contributed by atoms with Gasteiger partial charge in [0.05, 0.1) is 92.5 Å². The van der Waals surface area contributed by atoms with Gasteiger partial charge in [-0.1, -0.05) is 84.0 Å². The first-order valence-electron chi connectivity index (χ1n) is 16.7. The zero-order valence-electron chi connectivity index (χ0n) is 27.6. The summed E-state index contributed by atoms with van der Waals surface area (Å²) in [6, 6.07) is 0. The van der Waals surface area contributed by atoms with Crippen LogP contribution in [0.25, 0.3) is 0 Å². The van der Waals surface area contributed by atoms with Crippen molar-refractivity contribution < 1.29 is 37.6 Å². The standard InChI is InChI=1S/C32H68O8Si/c1-5-6-7-8-9-10-11-12-13-14-15-16-17-18-33-19-20-34-21-22-35-23-24-36-25-26-37-27-28-38-29-30-39-31-32-40-41(2,3)4/h5-32H2,1-4H3. The highest BCUT2D eigenvalue weighted by molar-refractivity contribution is 6.69. The number of hydrogen-bond donors (Lipinski definition) is 0. The average molecular weight is 609 g/mol. The fraction of sp³-hybridized carbons (Fsp3) is 1.00. The van der Waals surface area contributed by atoms with E-state index in [4.69, 9.17) is 37.6 Å². The van der Waals surface area contributed by atoms with E-state index in [-0.39, 0.29) is 0 Å². The molecule has 0 spiro atoms. The van der Waals surface area contributed by atoms with Crippen LogP contribution >= 0.6 is 0 Å². The highest BCUT2D eigenvalue weighted by Gasteiger charge is 2.13. The molecule has 9 heteroatoms. The molecule has 0 saturated heterocycles. The maximum absolute atomic E-state index is 5.72. The lowest BCUT2D eigenvalue weighted by Gasteiger charge is -2.16. The highest BCUT2D eigenvalue weighted by atomic mass is 28.4. The molecule has 0 unspecified atom stereocenters. The number of hydrogen-bond acceptors (Lipinski definition) is 8. The Morgan fingerprint density at radius 2 is 0.537 bits per heavy atom. The van der Waals surface area contributed by atoms with Crippen LogP contribution < -0.4 is 0 Å². The van der Waals surface area contributed by atoms with Gasteiger partial charge in [-0.25, -0.2) is 0 Å². The molecule has 0 aromatic rings. The van der Waals surface area contributed by atoms with Crippen LogP contribution in [0, 0.1) is 0 Å². The Balaban J connectivity index is 3.04. The molecule has 0 saturated carbocycles. The average Bonchev–Trinajstić information content (AvgIpc) is 2.94. The zero-order chi connectivity index (χ0) is 30.0. The first-order chi connectivity index (χ1) is 20.1. The fourth-order valence-corrected chi connectivity index (χ4v) is 4.75. The van der Waals surface area contributed by atoms with Gasteiger partial charge in [0.1, 0.15) is 0 Å². The van der Waals surface area contributed by atoms with Crippen molar-refractivity contribution in [2.75, 3.05) is 99.1 Å². The third-order valence-corrected chi connectivity index (χ3v) is 7.46. The van der Waals surface area contributed by atoms with E-state index < -0.39 is 8.32 Å². The van der Waals surface area contributed by atoms with Crippen molar-refractivity contribution >= 4 is 8.32 Å². The Hall–Kier alpha value is -0.103. The van der Waals surface area contributed by atoms with Gasteiger partial charge in [0.15, 0.2) is 8.32 Å². The predicted molar refractivity (Wildman–Crippen MR) is 171 cm³/mol. The van der Waals surface area contributed by atoms with Crippen molar-refractivity contribution in [3.8, 4) is 0 Å². The normalized spacial score (nSPS) is 12.0. The first-order valence-corrected chi connectivity index (χ1v) is 20.1.